The minimum atomic E-state index is -3.79. The topological polar surface area (TPSA) is 121 Å². The van der Waals surface area contributed by atoms with Gasteiger partial charge in [-0.15, -0.1) is 0 Å². The van der Waals surface area contributed by atoms with Gasteiger partial charge in [0.2, 0.25) is 0 Å². The van der Waals surface area contributed by atoms with Crippen LogP contribution in [0.2, 0.25) is 0 Å². The van der Waals surface area contributed by atoms with Crippen LogP contribution in [0.4, 0.5) is 0 Å². The molecule has 0 aliphatic carbocycles. The number of nitriles is 1. The maximum Gasteiger partial charge on any atom is 0.348 e. The third-order valence-electron chi connectivity index (χ3n) is 4.36. The Morgan fingerprint density at radius 2 is 1.50 bits per heavy atom. The first-order chi connectivity index (χ1) is 16.4. The maximum absolute atomic E-state index is 12.0. The van der Waals surface area contributed by atoms with Gasteiger partial charge in [-0.1, -0.05) is 29.8 Å². The molecule has 2 rings (SSSR count). The Hall–Kier alpha value is -3.23. The Morgan fingerprint density at radius 3 is 2.09 bits per heavy atom. The van der Waals surface area contributed by atoms with Crippen molar-refractivity contribution in [3.8, 4) is 11.8 Å². The molecule has 0 unspecified atom stereocenters. The number of benzene rings is 2. The molecule has 9 nitrogen and oxygen atoms in total. The average molecular weight is 490 g/mol. The van der Waals surface area contributed by atoms with Crippen LogP contribution in [-0.4, -0.2) is 61.1 Å². The van der Waals surface area contributed by atoms with Gasteiger partial charge in [0.15, 0.2) is 0 Å². The summed E-state index contributed by atoms with van der Waals surface area (Å²) in [5, 5.41) is 8.98. The van der Waals surface area contributed by atoms with E-state index in [-0.39, 0.29) is 30.3 Å². The van der Waals surface area contributed by atoms with E-state index in [1.807, 2.05) is 6.92 Å². The Balaban J connectivity index is 1.56. The number of esters is 1. The number of rotatable bonds is 14. The van der Waals surface area contributed by atoms with E-state index in [4.69, 9.17) is 23.7 Å². The number of hydrogen-bond donors (Lipinski definition) is 0. The van der Waals surface area contributed by atoms with E-state index < -0.39 is 16.1 Å². The molecule has 34 heavy (non-hydrogen) atoms. The van der Waals surface area contributed by atoms with E-state index in [9.17, 15) is 13.2 Å². The van der Waals surface area contributed by atoms with Gasteiger partial charge in [0.05, 0.1) is 45.0 Å². The molecule has 10 heteroatoms. The second kappa shape index (κ2) is 14.1. The third kappa shape index (κ3) is 9.33. The summed E-state index contributed by atoms with van der Waals surface area (Å²) in [6, 6.07) is 15.1. The monoisotopic (exact) mass is 489 g/mol. The second-order valence-corrected chi connectivity index (χ2v) is 8.51. The van der Waals surface area contributed by atoms with Crippen LogP contribution < -0.4 is 4.74 Å². The Morgan fingerprint density at radius 1 is 0.912 bits per heavy atom. The fraction of sp³-hybridized carbons (Fsp3) is 0.333. The normalized spacial score (nSPS) is 11.6. The van der Waals surface area contributed by atoms with Gasteiger partial charge in [-0.25, -0.2) is 4.79 Å². The first-order valence-electron chi connectivity index (χ1n) is 10.4. The summed E-state index contributed by atoms with van der Waals surface area (Å²) < 4.78 is 49.8. The van der Waals surface area contributed by atoms with Crippen molar-refractivity contribution in [1.82, 2.24) is 0 Å². The van der Waals surface area contributed by atoms with E-state index in [1.54, 1.807) is 42.5 Å². The molecule has 2 aromatic rings. The highest BCUT2D eigenvalue weighted by Gasteiger charge is 2.14. The van der Waals surface area contributed by atoms with Gasteiger partial charge in [-0.2, -0.15) is 13.7 Å². The average Bonchev–Trinajstić information content (AvgIpc) is 2.84. The van der Waals surface area contributed by atoms with Crippen LogP contribution in [0.1, 0.15) is 11.1 Å². The number of hydrogen-bond acceptors (Lipinski definition) is 9. The van der Waals surface area contributed by atoms with Gasteiger partial charge in [-0.05, 0) is 42.8 Å². The number of carbonyl (C=O) groups excluding carboxylic acids is 1. The molecule has 0 N–H and O–H groups in total. The number of ether oxygens (including phenoxy) is 4. The van der Waals surface area contributed by atoms with E-state index in [1.165, 1.54) is 25.3 Å². The van der Waals surface area contributed by atoms with Gasteiger partial charge >= 0.3 is 5.97 Å². The zero-order chi connectivity index (χ0) is 24.8. The van der Waals surface area contributed by atoms with E-state index >= 15 is 0 Å². The van der Waals surface area contributed by atoms with Crippen molar-refractivity contribution in [3.05, 3.63) is 65.2 Å². The van der Waals surface area contributed by atoms with E-state index in [0.717, 1.165) is 5.56 Å². The van der Waals surface area contributed by atoms with Crippen LogP contribution in [0, 0.1) is 18.3 Å². The lowest BCUT2D eigenvalue weighted by Crippen LogP contribution is -2.14. The highest BCUT2D eigenvalue weighted by Crippen LogP contribution is 2.15. The predicted molar refractivity (Wildman–Crippen MR) is 123 cm³/mol. The van der Waals surface area contributed by atoms with Crippen LogP contribution in [-0.2, 0) is 33.3 Å². The predicted octanol–water partition coefficient (Wildman–Crippen LogP) is 2.89. The number of methoxy groups -OCH3 is 1. The number of aryl methyl sites for hydroxylation is 1. The van der Waals surface area contributed by atoms with Crippen LogP contribution in [0.25, 0.3) is 6.08 Å². The summed E-state index contributed by atoms with van der Waals surface area (Å²) in [7, 11) is -2.57. The van der Waals surface area contributed by atoms with Gasteiger partial charge in [-0.3, -0.25) is 4.18 Å². The SMILES string of the molecule is COC(=O)/C(C#N)=C/c1ccc(OCCOCCOCCOS(=O)(=O)c2ccc(C)cc2)cc1. The first-order valence-corrected chi connectivity index (χ1v) is 11.8. The van der Waals surface area contributed by atoms with Gasteiger partial charge < -0.3 is 18.9 Å². The molecule has 0 spiro atoms. The number of nitrogens with zero attached hydrogens (tertiary/aromatic N) is 1. The summed E-state index contributed by atoms with van der Waals surface area (Å²) in [4.78, 5) is 11.5. The molecule has 2 aromatic carbocycles. The first kappa shape index (κ1) is 27.0. The second-order valence-electron chi connectivity index (χ2n) is 6.89. The van der Waals surface area contributed by atoms with Crippen molar-refractivity contribution < 1.29 is 36.3 Å². The molecule has 0 atom stereocenters. The molecule has 0 aliphatic heterocycles. The van der Waals surface area contributed by atoms with Crippen LogP contribution in [0.3, 0.4) is 0 Å². The molecule has 182 valence electrons. The fourth-order valence-electron chi connectivity index (χ4n) is 2.59. The lowest BCUT2D eigenvalue weighted by atomic mass is 10.1. The van der Waals surface area contributed by atoms with Crippen molar-refractivity contribution in [2.24, 2.45) is 0 Å². The largest absolute Gasteiger partial charge is 0.491 e. The summed E-state index contributed by atoms with van der Waals surface area (Å²) in [6.45, 7) is 3.18. The highest BCUT2D eigenvalue weighted by atomic mass is 32.2. The van der Waals surface area contributed by atoms with Crippen molar-refractivity contribution >= 4 is 22.2 Å². The standard InChI is InChI=1S/C24H27NO8S/c1-19-3-9-23(10-4-19)34(27,28)33-16-14-31-12-11-30-13-15-32-22-7-5-20(6-8-22)17-21(18-25)24(26)29-2/h3-10,17H,11-16H2,1-2H3/b21-17+. The van der Waals surface area contributed by atoms with Crippen molar-refractivity contribution in [1.29, 1.82) is 5.26 Å². The van der Waals surface area contributed by atoms with Crippen molar-refractivity contribution in [2.45, 2.75) is 11.8 Å². The molecule has 0 saturated heterocycles. The molecule has 0 amide bonds. The molecule has 0 heterocycles. The summed E-state index contributed by atoms with van der Waals surface area (Å²) >= 11 is 0. The fourth-order valence-corrected chi connectivity index (χ4v) is 3.48. The Labute approximate surface area is 199 Å². The van der Waals surface area contributed by atoms with Crippen molar-refractivity contribution in [2.75, 3.05) is 46.8 Å². The molecule has 0 radical (unpaired) electrons. The molecular formula is C24H27NO8S. The zero-order valence-corrected chi connectivity index (χ0v) is 19.9. The highest BCUT2D eigenvalue weighted by molar-refractivity contribution is 7.86. The molecule has 0 saturated carbocycles. The molecule has 0 fully saturated rings. The molecule has 0 aliphatic rings. The van der Waals surface area contributed by atoms with Gasteiger partial charge in [0.1, 0.15) is 24.0 Å². The molecule has 0 bridgehead atoms. The van der Waals surface area contributed by atoms with E-state index in [0.29, 0.717) is 31.1 Å². The van der Waals surface area contributed by atoms with Crippen LogP contribution in [0.15, 0.2) is 59.0 Å². The summed E-state index contributed by atoms with van der Waals surface area (Å²) in [6.07, 6.45) is 1.43. The minimum absolute atomic E-state index is 0.0833. The number of carbonyl (C=O) groups is 1. The Bertz CT molecular complexity index is 1090. The Kier molecular flexibility index (Phi) is 11.2. The third-order valence-corrected chi connectivity index (χ3v) is 5.69. The zero-order valence-electron chi connectivity index (χ0n) is 19.1. The van der Waals surface area contributed by atoms with Gasteiger partial charge in [0, 0.05) is 0 Å². The van der Waals surface area contributed by atoms with Crippen LogP contribution >= 0.6 is 0 Å². The molecule has 0 aromatic heterocycles. The summed E-state index contributed by atoms with van der Waals surface area (Å²) in [5.74, 6) is -0.0794. The van der Waals surface area contributed by atoms with Crippen molar-refractivity contribution in [3.63, 3.8) is 0 Å². The van der Waals surface area contributed by atoms with E-state index in [2.05, 4.69) is 4.74 Å². The lowest BCUT2D eigenvalue weighted by molar-refractivity contribution is -0.135. The summed E-state index contributed by atoms with van der Waals surface area (Å²) in [5.41, 5.74) is 1.54. The minimum Gasteiger partial charge on any atom is -0.491 e. The van der Waals surface area contributed by atoms with Gasteiger partial charge in [0.25, 0.3) is 10.1 Å². The quantitative estimate of drug-likeness (QED) is 0.130. The molecular weight excluding hydrogens is 462 g/mol. The van der Waals surface area contributed by atoms with Crippen LogP contribution in [0.5, 0.6) is 5.75 Å². The smallest absolute Gasteiger partial charge is 0.348 e. The maximum atomic E-state index is 12.0. The lowest BCUT2D eigenvalue weighted by Gasteiger charge is -2.09.